The van der Waals surface area contributed by atoms with Crippen LogP contribution in [0.4, 0.5) is 5.95 Å². The van der Waals surface area contributed by atoms with Gasteiger partial charge in [-0.15, -0.1) is 0 Å². The van der Waals surface area contributed by atoms with Crippen molar-refractivity contribution in [2.24, 2.45) is 5.92 Å². The fourth-order valence-electron chi connectivity index (χ4n) is 2.73. The summed E-state index contributed by atoms with van der Waals surface area (Å²) < 4.78 is 1.78. The molecule has 0 aliphatic carbocycles. The third-order valence-electron chi connectivity index (χ3n) is 4.12. The Morgan fingerprint density at radius 2 is 1.96 bits per heavy atom. The van der Waals surface area contributed by atoms with Crippen molar-refractivity contribution in [2.45, 2.75) is 32.9 Å². The topological polar surface area (TPSA) is 84.7 Å². The lowest BCUT2D eigenvalue weighted by Gasteiger charge is -2.20. The Bertz CT molecular complexity index is 895. The number of rotatable bonds is 8. The Morgan fingerprint density at radius 3 is 2.64 bits per heavy atom. The molecule has 8 heteroatoms. The highest BCUT2D eigenvalue weighted by Gasteiger charge is 2.20. The molecule has 0 aliphatic rings. The fraction of sp³-hybridized carbons (Fsp3) is 0.300. The molecule has 1 unspecified atom stereocenters. The third-order valence-corrected chi connectivity index (χ3v) is 4.37. The Morgan fingerprint density at radius 1 is 1.18 bits per heavy atom. The number of imidazole rings is 1. The number of carbonyl (C=O) groups excluding carboxylic acids is 1. The normalized spacial score (nSPS) is 12.0. The van der Waals surface area contributed by atoms with Crippen molar-refractivity contribution in [1.29, 1.82) is 0 Å². The summed E-state index contributed by atoms with van der Waals surface area (Å²) in [5.41, 5.74) is 0.986. The molecular weight excluding hydrogens is 376 g/mol. The molecule has 0 radical (unpaired) electrons. The summed E-state index contributed by atoms with van der Waals surface area (Å²) in [6.07, 6.45) is 7.46. The molecule has 1 amide bonds. The van der Waals surface area contributed by atoms with Crippen LogP contribution in [0.1, 0.15) is 25.8 Å². The van der Waals surface area contributed by atoms with Crippen molar-refractivity contribution in [3.8, 4) is 5.82 Å². The van der Waals surface area contributed by atoms with Crippen LogP contribution in [-0.4, -0.2) is 31.5 Å². The standard InChI is InChI=1S/C20H23ClN6O/c1-14(2)11-17(19(28)24-12-15-3-5-16(21)6-4-15)25-20-23-8-7-18(26-20)27-10-9-22-13-27/h3-10,13-14,17H,11-12H2,1-2H3,(H,24,28)(H,23,25,26). The number of benzene rings is 1. The Kier molecular flexibility index (Phi) is 6.60. The van der Waals surface area contributed by atoms with Gasteiger partial charge in [-0.05, 0) is 36.1 Å². The summed E-state index contributed by atoms with van der Waals surface area (Å²) in [7, 11) is 0. The minimum absolute atomic E-state index is 0.0970. The second-order valence-corrected chi connectivity index (χ2v) is 7.32. The summed E-state index contributed by atoms with van der Waals surface area (Å²) in [5.74, 6) is 1.31. The highest BCUT2D eigenvalue weighted by atomic mass is 35.5. The van der Waals surface area contributed by atoms with E-state index in [9.17, 15) is 4.79 Å². The van der Waals surface area contributed by atoms with Crippen molar-refractivity contribution in [2.75, 3.05) is 5.32 Å². The molecular formula is C20H23ClN6O. The van der Waals surface area contributed by atoms with Crippen molar-refractivity contribution in [3.05, 3.63) is 65.8 Å². The largest absolute Gasteiger partial charge is 0.350 e. The zero-order chi connectivity index (χ0) is 19.9. The number of anilines is 1. The summed E-state index contributed by atoms with van der Waals surface area (Å²) in [5, 5.41) is 6.81. The number of nitrogens with zero attached hydrogens (tertiary/aromatic N) is 4. The van der Waals surface area contributed by atoms with E-state index in [-0.39, 0.29) is 5.91 Å². The second-order valence-electron chi connectivity index (χ2n) is 6.88. The van der Waals surface area contributed by atoms with E-state index in [0.717, 1.165) is 5.56 Å². The van der Waals surface area contributed by atoms with E-state index in [1.54, 1.807) is 35.6 Å². The van der Waals surface area contributed by atoms with E-state index in [0.29, 0.717) is 35.7 Å². The summed E-state index contributed by atoms with van der Waals surface area (Å²) in [6.45, 7) is 4.58. The van der Waals surface area contributed by atoms with Gasteiger partial charge < -0.3 is 10.6 Å². The van der Waals surface area contributed by atoms with Crippen LogP contribution in [0, 0.1) is 5.92 Å². The van der Waals surface area contributed by atoms with Crippen LogP contribution >= 0.6 is 11.6 Å². The molecule has 0 bridgehead atoms. The van der Waals surface area contributed by atoms with Gasteiger partial charge in [0, 0.05) is 30.2 Å². The first-order valence-corrected chi connectivity index (χ1v) is 9.49. The summed E-state index contributed by atoms with van der Waals surface area (Å²) >= 11 is 5.91. The first-order valence-electron chi connectivity index (χ1n) is 9.11. The first-order chi connectivity index (χ1) is 13.5. The smallest absolute Gasteiger partial charge is 0.242 e. The van der Waals surface area contributed by atoms with Gasteiger partial charge in [0.1, 0.15) is 18.2 Å². The molecule has 146 valence electrons. The molecule has 0 fully saturated rings. The van der Waals surface area contributed by atoms with Crippen LogP contribution in [0.15, 0.2) is 55.2 Å². The number of halogens is 1. The molecule has 0 saturated heterocycles. The lowest BCUT2D eigenvalue weighted by atomic mass is 10.0. The Hall–Kier alpha value is -2.93. The van der Waals surface area contributed by atoms with Gasteiger partial charge >= 0.3 is 0 Å². The average molecular weight is 399 g/mol. The fourth-order valence-corrected chi connectivity index (χ4v) is 2.86. The monoisotopic (exact) mass is 398 g/mol. The van der Waals surface area contributed by atoms with Gasteiger partial charge in [-0.3, -0.25) is 9.36 Å². The summed E-state index contributed by atoms with van der Waals surface area (Å²) in [6, 6.07) is 8.75. The van der Waals surface area contributed by atoms with E-state index in [2.05, 4.69) is 39.4 Å². The maximum Gasteiger partial charge on any atom is 0.242 e. The lowest BCUT2D eigenvalue weighted by Crippen LogP contribution is -2.40. The molecule has 1 atom stereocenters. The summed E-state index contributed by atoms with van der Waals surface area (Å²) in [4.78, 5) is 25.5. The second kappa shape index (κ2) is 9.32. The number of hydrogen-bond acceptors (Lipinski definition) is 5. The predicted molar refractivity (Wildman–Crippen MR) is 109 cm³/mol. The molecule has 3 rings (SSSR count). The van der Waals surface area contributed by atoms with Gasteiger partial charge in [-0.1, -0.05) is 37.6 Å². The van der Waals surface area contributed by atoms with Crippen molar-refractivity contribution in [3.63, 3.8) is 0 Å². The average Bonchev–Trinajstić information content (AvgIpc) is 3.21. The molecule has 3 aromatic rings. The third kappa shape index (κ3) is 5.53. The number of carbonyl (C=O) groups is 1. The van der Waals surface area contributed by atoms with Crippen LogP contribution in [0.2, 0.25) is 5.02 Å². The van der Waals surface area contributed by atoms with E-state index in [1.165, 1.54) is 0 Å². The maximum absolute atomic E-state index is 12.8. The van der Waals surface area contributed by atoms with Gasteiger partial charge in [0.25, 0.3) is 0 Å². The maximum atomic E-state index is 12.8. The Balaban J connectivity index is 1.68. The minimum Gasteiger partial charge on any atom is -0.350 e. The van der Waals surface area contributed by atoms with Crippen LogP contribution in [0.5, 0.6) is 0 Å². The molecule has 1 aromatic carbocycles. The molecule has 0 aliphatic heterocycles. The highest BCUT2D eigenvalue weighted by Crippen LogP contribution is 2.13. The van der Waals surface area contributed by atoms with Crippen molar-refractivity contribution >= 4 is 23.5 Å². The highest BCUT2D eigenvalue weighted by molar-refractivity contribution is 6.30. The van der Waals surface area contributed by atoms with E-state index in [4.69, 9.17) is 11.6 Å². The van der Waals surface area contributed by atoms with Gasteiger partial charge in [0.05, 0.1) is 0 Å². The van der Waals surface area contributed by atoms with Crippen LogP contribution < -0.4 is 10.6 Å². The molecule has 0 spiro atoms. The lowest BCUT2D eigenvalue weighted by molar-refractivity contribution is -0.122. The molecule has 0 saturated carbocycles. The van der Waals surface area contributed by atoms with Crippen LogP contribution in [0.3, 0.4) is 0 Å². The van der Waals surface area contributed by atoms with Gasteiger partial charge in [0.2, 0.25) is 11.9 Å². The van der Waals surface area contributed by atoms with Crippen molar-refractivity contribution < 1.29 is 4.79 Å². The zero-order valence-corrected chi connectivity index (χ0v) is 16.6. The molecule has 2 N–H and O–H groups in total. The van der Waals surface area contributed by atoms with E-state index < -0.39 is 6.04 Å². The minimum atomic E-state index is -0.440. The Labute approximate surface area is 169 Å². The van der Waals surface area contributed by atoms with E-state index >= 15 is 0 Å². The first kappa shape index (κ1) is 19.8. The number of hydrogen-bond donors (Lipinski definition) is 2. The van der Waals surface area contributed by atoms with E-state index in [1.807, 2.05) is 24.3 Å². The number of amides is 1. The number of aromatic nitrogens is 4. The van der Waals surface area contributed by atoms with Crippen molar-refractivity contribution in [1.82, 2.24) is 24.8 Å². The predicted octanol–water partition coefficient (Wildman–Crippen LogP) is 3.46. The quantitative estimate of drug-likeness (QED) is 0.607. The molecule has 2 heterocycles. The van der Waals surface area contributed by atoms with Gasteiger partial charge in [0.15, 0.2) is 0 Å². The number of nitrogens with one attached hydrogen (secondary N) is 2. The van der Waals surface area contributed by atoms with Gasteiger partial charge in [-0.2, -0.15) is 4.98 Å². The van der Waals surface area contributed by atoms with Gasteiger partial charge in [-0.25, -0.2) is 9.97 Å². The SMILES string of the molecule is CC(C)CC(Nc1nccc(-n2ccnc2)n1)C(=O)NCc1ccc(Cl)cc1. The molecule has 2 aromatic heterocycles. The van der Waals surface area contributed by atoms with Crippen LogP contribution in [0.25, 0.3) is 5.82 Å². The van der Waals surface area contributed by atoms with Crippen LogP contribution in [-0.2, 0) is 11.3 Å². The zero-order valence-electron chi connectivity index (χ0n) is 15.8. The molecule has 7 nitrogen and oxygen atoms in total. The molecule has 28 heavy (non-hydrogen) atoms.